The first-order valence-corrected chi connectivity index (χ1v) is 7.39. The molecule has 0 aromatic carbocycles. The topological polar surface area (TPSA) is 25.2 Å². The lowest BCUT2D eigenvalue weighted by Gasteiger charge is -2.30. The number of furan rings is 1. The Kier molecular flexibility index (Phi) is 4.36. The van der Waals surface area contributed by atoms with E-state index in [1.165, 1.54) is 31.2 Å². The van der Waals surface area contributed by atoms with Gasteiger partial charge in [0.25, 0.3) is 0 Å². The summed E-state index contributed by atoms with van der Waals surface area (Å²) in [6.45, 7) is 2.22. The maximum Gasteiger partial charge on any atom is 0.0950 e. The van der Waals surface area contributed by atoms with E-state index >= 15 is 0 Å². The van der Waals surface area contributed by atoms with Crippen LogP contribution in [-0.2, 0) is 0 Å². The first-order valence-electron chi connectivity index (χ1n) is 6.10. The molecule has 1 aliphatic carbocycles. The van der Waals surface area contributed by atoms with E-state index in [1.807, 2.05) is 24.1 Å². The maximum atomic E-state index is 5.12. The predicted molar refractivity (Wildman–Crippen MR) is 69.8 cm³/mol. The average molecular weight is 239 g/mol. The molecule has 0 saturated heterocycles. The summed E-state index contributed by atoms with van der Waals surface area (Å²) < 4.78 is 5.12. The molecule has 2 nitrogen and oxygen atoms in total. The quantitative estimate of drug-likeness (QED) is 0.869. The first kappa shape index (κ1) is 12.1. The Morgan fingerprint density at radius 1 is 1.50 bits per heavy atom. The van der Waals surface area contributed by atoms with Gasteiger partial charge in [0.2, 0.25) is 0 Å². The second-order valence-electron chi connectivity index (χ2n) is 4.67. The molecule has 1 fully saturated rings. The SMILES string of the molecule is CSC1CCCC(NC(C)c2ccoc2)C1. The first-order chi connectivity index (χ1) is 7.79. The number of hydrogen-bond donors (Lipinski definition) is 1. The minimum Gasteiger partial charge on any atom is -0.472 e. The molecule has 1 saturated carbocycles. The van der Waals surface area contributed by atoms with Gasteiger partial charge in [-0.25, -0.2) is 0 Å². The standard InChI is InChI=1S/C13H21NOS/c1-10(11-6-7-15-9-11)14-12-4-3-5-13(8-12)16-2/h6-7,9-10,12-14H,3-5,8H2,1-2H3. The van der Waals surface area contributed by atoms with E-state index in [-0.39, 0.29) is 0 Å². The third-order valence-corrected chi connectivity index (χ3v) is 4.58. The third-order valence-electron chi connectivity index (χ3n) is 3.49. The van der Waals surface area contributed by atoms with Gasteiger partial charge in [-0.15, -0.1) is 0 Å². The molecule has 1 N–H and O–H groups in total. The number of thioether (sulfide) groups is 1. The highest BCUT2D eigenvalue weighted by Gasteiger charge is 2.22. The number of rotatable bonds is 4. The molecule has 3 unspecified atom stereocenters. The van der Waals surface area contributed by atoms with Crippen LogP contribution in [0.4, 0.5) is 0 Å². The highest BCUT2D eigenvalue weighted by atomic mass is 32.2. The van der Waals surface area contributed by atoms with Crippen LogP contribution in [0.1, 0.15) is 44.2 Å². The van der Waals surface area contributed by atoms with Gasteiger partial charge in [-0.1, -0.05) is 6.42 Å². The van der Waals surface area contributed by atoms with Crippen molar-refractivity contribution in [2.24, 2.45) is 0 Å². The lowest BCUT2D eigenvalue weighted by Crippen LogP contribution is -2.36. The van der Waals surface area contributed by atoms with Crippen molar-refractivity contribution in [3.8, 4) is 0 Å². The van der Waals surface area contributed by atoms with Crippen LogP contribution in [0.5, 0.6) is 0 Å². The Labute approximate surface area is 102 Å². The lowest BCUT2D eigenvalue weighted by molar-refractivity contribution is 0.352. The van der Waals surface area contributed by atoms with Crippen molar-refractivity contribution >= 4 is 11.8 Å². The van der Waals surface area contributed by atoms with Crippen molar-refractivity contribution < 1.29 is 4.42 Å². The van der Waals surface area contributed by atoms with Gasteiger partial charge >= 0.3 is 0 Å². The van der Waals surface area contributed by atoms with E-state index in [1.54, 1.807) is 6.26 Å². The molecule has 0 aliphatic heterocycles. The van der Waals surface area contributed by atoms with Crippen LogP contribution in [0.15, 0.2) is 23.0 Å². The van der Waals surface area contributed by atoms with E-state index < -0.39 is 0 Å². The molecule has 2 rings (SSSR count). The predicted octanol–water partition coefficient (Wildman–Crippen LogP) is 3.60. The van der Waals surface area contributed by atoms with Gasteiger partial charge in [0.05, 0.1) is 12.5 Å². The summed E-state index contributed by atoms with van der Waals surface area (Å²) in [5.41, 5.74) is 1.26. The van der Waals surface area contributed by atoms with Gasteiger partial charge < -0.3 is 9.73 Å². The van der Waals surface area contributed by atoms with Crippen LogP contribution in [-0.4, -0.2) is 17.5 Å². The Hall–Kier alpha value is -0.410. The summed E-state index contributed by atoms with van der Waals surface area (Å²) >= 11 is 2.02. The molecule has 1 aliphatic rings. The smallest absolute Gasteiger partial charge is 0.0950 e. The van der Waals surface area contributed by atoms with Gasteiger partial charge in [-0.05, 0) is 38.5 Å². The van der Waals surface area contributed by atoms with E-state index in [4.69, 9.17) is 4.42 Å². The van der Waals surface area contributed by atoms with Crippen molar-refractivity contribution in [3.63, 3.8) is 0 Å². The van der Waals surface area contributed by atoms with E-state index in [9.17, 15) is 0 Å². The fourth-order valence-electron chi connectivity index (χ4n) is 2.48. The highest BCUT2D eigenvalue weighted by Crippen LogP contribution is 2.28. The van der Waals surface area contributed by atoms with Crippen molar-refractivity contribution in [2.45, 2.75) is 49.9 Å². The molecule has 3 atom stereocenters. The Morgan fingerprint density at radius 3 is 3.06 bits per heavy atom. The summed E-state index contributed by atoms with van der Waals surface area (Å²) in [7, 11) is 0. The van der Waals surface area contributed by atoms with E-state index in [0.29, 0.717) is 12.1 Å². The second-order valence-corrected chi connectivity index (χ2v) is 5.80. The summed E-state index contributed by atoms with van der Waals surface area (Å²) in [6.07, 6.45) is 11.2. The summed E-state index contributed by atoms with van der Waals surface area (Å²) in [5.74, 6) is 0. The van der Waals surface area contributed by atoms with Crippen molar-refractivity contribution in [2.75, 3.05) is 6.26 Å². The Balaban J connectivity index is 1.84. The number of nitrogens with one attached hydrogen (secondary N) is 1. The fraction of sp³-hybridized carbons (Fsp3) is 0.692. The van der Waals surface area contributed by atoms with Crippen LogP contribution >= 0.6 is 11.8 Å². The monoisotopic (exact) mass is 239 g/mol. The molecule has 16 heavy (non-hydrogen) atoms. The van der Waals surface area contributed by atoms with Crippen molar-refractivity contribution in [3.05, 3.63) is 24.2 Å². The van der Waals surface area contributed by atoms with Crippen LogP contribution in [0.3, 0.4) is 0 Å². The molecular weight excluding hydrogens is 218 g/mol. The average Bonchev–Trinajstić information content (AvgIpc) is 2.83. The van der Waals surface area contributed by atoms with Crippen LogP contribution < -0.4 is 5.32 Å². The van der Waals surface area contributed by atoms with Crippen LogP contribution in [0, 0.1) is 0 Å². The molecule has 0 bridgehead atoms. The zero-order valence-corrected chi connectivity index (χ0v) is 10.9. The normalized spacial score (nSPS) is 27.9. The highest BCUT2D eigenvalue weighted by molar-refractivity contribution is 7.99. The van der Waals surface area contributed by atoms with Gasteiger partial charge in [-0.2, -0.15) is 11.8 Å². The summed E-state index contributed by atoms with van der Waals surface area (Å²) in [6, 6.07) is 3.13. The Bertz CT molecular complexity index is 299. The van der Waals surface area contributed by atoms with Crippen LogP contribution in [0.2, 0.25) is 0 Å². The van der Waals surface area contributed by atoms with Gasteiger partial charge in [0, 0.05) is 22.9 Å². The Morgan fingerprint density at radius 2 is 2.38 bits per heavy atom. The third kappa shape index (κ3) is 3.05. The summed E-state index contributed by atoms with van der Waals surface area (Å²) in [5, 5.41) is 4.56. The van der Waals surface area contributed by atoms with Gasteiger partial charge in [-0.3, -0.25) is 0 Å². The molecule has 90 valence electrons. The molecule has 1 aromatic heterocycles. The molecule has 1 aromatic rings. The van der Waals surface area contributed by atoms with Crippen molar-refractivity contribution in [1.29, 1.82) is 0 Å². The zero-order valence-electron chi connectivity index (χ0n) is 10.1. The van der Waals surface area contributed by atoms with Crippen molar-refractivity contribution in [1.82, 2.24) is 5.32 Å². The van der Waals surface area contributed by atoms with E-state index in [0.717, 1.165) is 5.25 Å². The second kappa shape index (κ2) is 5.78. The molecule has 3 heteroatoms. The largest absolute Gasteiger partial charge is 0.472 e. The summed E-state index contributed by atoms with van der Waals surface area (Å²) in [4.78, 5) is 0. The molecule has 0 radical (unpaired) electrons. The molecular formula is C13H21NOS. The fourth-order valence-corrected chi connectivity index (χ4v) is 3.31. The number of hydrogen-bond acceptors (Lipinski definition) is 3. The maximum absolute atomic E-state index is 5.12. The lowest BCUT2D eigenvalue weighted by atomic mass is 9.94. The van der Waals surface area contributed by atoms with Gasteiger partial charge in [0.1, 0.15) is 0 Å². The minimum atomic E-state index is 0.407. The molecule has 0 spiro atoms. The van der Waals surface area contributed by atoms with E-state index in [2.05, 4.69) is 18.5 Å². The molecule has 0 amide bonds. The zero-order chi connectivity index (χ0) is 11.4. The minimum absolute atomic E-state index is 0.407. The molecule has 1 heterocycles. The van der Waals surface area contributed by atoms with Crippen LogP contribution in [0.25, 0.3) is 0 Å². The van der Waals surface area contributed by atoms with Gasteiger partial charge in [0.15, 0.2) is 0 Å².